The molecule has 0 N–H and O–H groups in total. The normalized spacial score (nSPS) is 17.9. The molecule has 1 aliphatic heterocycles. The predicted molar refractivity (Wildman–Crippen MR) is 65.5 cm³/mol. The van der Waals surface area contributed by atoms with Gasteiger partial charge in [0.2, 0.25) is 5.89 Å². The van der Waals surface area contributed by atoms with Crippen molar-refractivity contribution in [3.8, 4) is 0 Å². The smallest absolute Gasteiger partial charge is 0.316 e. The molecule has 5 nitrogen and oxygen atoms in total. The number of carbonyl (C=O) groups excluding carboxylic acids is 1. The first-order chi connectivity index (χ1) is 8.66. The van der Waals surface area contributed by atoms with E-state index in [9.17, 15) is 4.79 Å². The maximum atomic E-state index is 12.4. The second-order valence-corrected chi connectivity index (χ2v) is 4.48. The van der Waals surface area contributed by atoms with Gasteiger partial charge in [0.15, 0.2) is 0 Å². The van der Waals surface area contributed by atoms with Crippen molar-refractivity contribution in [2.45, 2.75) is 26.3 Å². The zero-order chi connectivity index (χ0) is 12.7. The quantitative estimate of drug-likeness (QED) is 0.768. The summed E-state index contributed by atoms with van der Waals surface area (Å²) in [6, 6.07) is 8.01. The first-order valence-corrected chi connectivity index (χ1v) is 5.88. The maximum Gasteiger partial charge on any atom is 0.316 e. The van der Waals surface area contributed by atoms with Crippen LogP contribution in [0.25, 0.3) is 0 Å². The van der Waals surface area contributed by atoms with E-state index in [2.05, 4.69) is 10.2 Å². The fraction of sp³-hybridized carbons (Fsp3) is 0.308. The highest BCUT2D eigenvalue weighted by Crippen LogP contribution is 2.32. The zero-order valence-electron chi connectivity index (χ0n) is 10.3. The molecule has 1 aromatic carbocycles. The van der Waals surface area contributed by atoms with Crippen molar-refractivity contribution in [3.05, 3.63) is 41.6 Å². The van der Waals surface area contributed by atoms with Gasteiger partial charge in [-0.15, -0.1) is 10.2 Å². The van der Waals surface area contributed by atoms with Crippen molar-refractivity contribution in [3.63, 3.8) is 0 Å². The van der Waals surface area contributed by atoms with Gasteiger partial charge >= 0.3 is 11.8 Å². The number of fused-ring (bicyclic) bond motifs is 1. The fourth-order valence-electron chi connectivity index (χ4n) is 2.36. The van der Waals surface area contributed by atoms with Crippen LogP contribution >= 0.6 is 0 Å². The number of anilines is 1. The van der Waals surface area contributed by atoms with Gasteiger partial charge in [-0.2, -0.15) is 0 Å². The molecule has 0 bridgehead atoms. The van der Waals surface area contributed by atoms with Gasteiger partial charge < -0.3 is 9.32 Å². The molecule has 1 atom stereocenters. The Morgan fingerprint density at radius 3 is 2.89 bits per heavy atom. The van der Waals surface area contributed by atoms with Crippen molar-refractivity contribution in [1.29, 1.82) is 0 Å². The van der Waals surface area contributed by atoms with E-state index in [1.165, 1.54) is 5.56 Å². The largest absolute Gasteiger partial charge is 0.417 e. The van der Waals surface area contributed by atoms with E-state index in [-0.39, 0.29) is 17.8 Å². The Morgan fingerprint density at radius 1 is 1.39 bits per heavy atom. The van der Waals surface area contributed by atoms with Gasteiger partial charge in [0, 0.05) is 18.7 Å². The summed E-state index contributed by atoms with van der Waals surface area (Å²) in [5, 5.41) is 7.49. The molecule has 2 aromatic rings. The van der Waals surface area contributed by atoms with E-state index in [4.69, 9.17) is 4.42 Å². The highest BCUT2D eigenvalue weighted by Gasteiger charge is 2.33. The summed E-state index contributed by atoms with van der Waals surface area (Å²) in [5.41, 5.74) is 2.11. The average Bonchev–Trinajstić information content (AvgIpc) is 2.91. The molecule has 0 saturated heterocycles. The van der Waals surface area contributed by atoms with Crippen molar-refractivity contribution < 1.29 is 9.21 Å². The number of amides is 1. The number of aryl methyl sites for hydroxylation is 1. The van der Waals surface area contributed by atoms with Crippen LogP contribution in [0.2, 0.25) is 0 Å². The number of carbonyl (C=O) groups is 1. The second-order valence-electron chi connectivity index (χ2n) is 4.48. The van der Waals surface area contributed by atoms with Crippen LogP contribution in [0, 0.1) is 6.92 Å². The Hall–Kier alpha value is -2.17. The Bertz CT molecular complexity index is 606. The number of hydrogen-bond donors (Lipinski definition) is 0. The maximum absolute atomic E-state index is 12.4. The molecule has 5 heteroatoms. The molecule has 0 saturated carbocycles. The van der Waals surface area contributed by atoms with E-state index in [1.54, 1.807) is 11.8 Å². The molecule has 1 unspecified atom stereocenters. The number of rotatable bonds is 1. The summed E-state index contributed by atoms with van der Waals surface area (Å²) < 4.78 is 5.21. The van der Waals surface area contributed by atoms with E-state index >= 15 is 0 Å². The Kier molecular flexibility index (Phi) is 2.40. The average molecular weight is 243 g/mol. The van der Waals surface area contributed by atoms with Crippen LogP contribution in [0.5, 0.6) is 0 Å². The lowest BCUT2D eigenvalue weighted by Gasteiger charge is -2.20. The number of para-hydroxylation sites is 1. The lowest BCUT2D eigenvalue weighted by Crippen LogP contribution is -2.35. The molecule has 0 aliphatic carbocycles. The lowest BCUT2D eigenvalue weighted by atomic mass is 10.1. The molecule has 1 amide bonds. The minimum absolute atomic E-state index is 0.0519. The van der Waals surface area contributed by atoms with Gasteiger partial charge in [-0.3, -0.25) is 4.79 Å². The second kappa shape index (κ2) is 3.94. The summed E-state index contributed by atoms with van der Waals surface area (Å²) in [6.07, 6.45) is 0.856. The topological polar surface area (TPSA) is 59.2 Å². The molecule has 1 aromatic heterocycles. The minimum atomic E-state index is -0.229. The summed E-state index contributed by atoms with van der Waals surface area (Å²) in [5.74, 6) is 0.225. The van der Waals surface area contributed by atoms with Crippen LogP contribution in [0.1, 0.15) is 29.1 Å². The Balaban J connectivity index is 2.00. The highest BCUT2D eigenvalue weighted by molar-refractivity contribution is 6.04. The molecule has 3 rings (SSSR count). The van der Waals surface area contributed by atoms with Crippen molar-refractivity contribution in [2.75, 3.05) is 4.90 Å². The first-order valence-electron chi connectivity index (χ1n) is 5.88. The number of aromatic nitrogens is 2. The number of nitrogens with zero attached hydrogens (tertiary/aromatic N) is 3. The molecule has 2 heterocycles. The fourth-order valence-corrected chi connectivity index (χ4v) is 2.36. The summed E-state index contributed by atoms with van der Waals surface area (Å²) in [7, 11) is 0. The third kappa shape index (κ3) is 1.59. The molecule has 1 aliphatic rings. The third-order valence-corrected chi connectivity index (χ3v) is 3.14. The monoisotopic (exact) mass is 243 g/mol. The van der Waals surface area contributed by atoms with E-state index in [1.807, 2.05) is 31.2 Å². The molecule has 92 valence electrons. The van der Waals surface area contributed by atoms with Crippen LogP contribution in [-0.2, 0) is 6.42 Å². The van der Waals surface area contributed by atoms with E-state index in [0.29, 0.717) is 5.89 Å². The molecule has 0 radical (unpaired) electrons. The number of hydrogen-bond acceptors (Lipinski definition) is 4. The van der Waals surface area contributed by atoms with Crippen LogP contribution in [-0.4, -0.2) is 22.1 Å². The molecule has 18 heavy (non-hydrogen) atoms. The third-order valence-electron chi connectivity index (χ3n) is 3.14. The Labute approximate surface area is 104 Å². The molecular formula is C13H13N3O2. The van der Waals surface area contributed by atoms with Crippen molar-refractivity contribution >= 4 is 11.6 Å². The van der Waals surface area contributed by atoms with E-state index in [0.717, 1.165) is 12.1 Å². The lowest BCUT2D eigenvalue weighted by molar-refractivity contribution is 0.0946. The molecular weight excluding hydrogens is 230 g/mol. The van der Waals surface area contributed by atoms with Crippen LogP contribution in [0.15, 0.2) is 28.7 Å². The summed E-state index contributed by atoms with van der Waals surface area (Å²) in [4.78, 5) is 14.1. The zero-order valence-corrected chi connectivity index (χ0v) is 10.3. The van der Waals surface area contributed by atoms with Crippen molar-refractivity contribution in [1.82, 2.24) is 10.2 Å². The molecule has 0 fully saturated rings. The minimum Gasteiger partial charge on any atom is -0.417 e. The van der Waals surface area contributed by atoms with E-state index < -0.39 is 0 Å². The van der Waals surface area contributed by atoms with Crippen molar-refractivity contribution in [2.24, 2.45) is 0 Å². The highest BCUT2D eigenvalue weighted by atomic mass is 16.4. The Morgan fingerprint density at radius 2 is 2.17 bits per heavy atom. The molecule has 0 spiro atoms. The van der Waals surface area contributed by atoms with Gasteiger partial charge in [0.05, 0.1) is 0 Å². The standard InChI is InChI=1S/C13H13N3O2/c1-8-7-10-5-3-4-6-11(10)16(8)13(17)12-15-14-9(2)18-12/h3-6,8H,7H2,1-2H3. The number of benzene rings is 1. The summed E-state index contributed by atoms with van der Waals surface area (Å²) in [6.45, 7) is 3.69. The summed E-state index contributed by atoms with van der Waals surface area (Å²) >= 11 is 0. The van der Waals surface area contributed by atoms with Gasteiger partial charge in [0.1, 0.15) is 0 Å². The van der Waals surface area contributed by atoms with Gasteiger partial charge in [0.25, 0.3) is 0 Å². The van der Waals surface area contributed by atoms with Crippen LogP contribution < -0.4 is 4.90 Å². The van der Waals surface area contributed by atoms with Crippen LogP contribution in [0.3, 0.4) is 0 Å². The van der Waals surface area contributed by atoms with Crippen LogP contribution in [0.4, 0.5) is 5.69 Å². The van der Waals surface area contributed by atoms with Gasteiger partial charge in [-0.05, 0) is 25.0 Å². The van der Waals surface area contributed by atoms with Gasteiger partial charge in [-0.1, -0.05) is 18.2 Å². The first kappa shape index (κ1) is 11.0. The predicted octanol–water partition coefficient (Wildman–Crippen LogP) is 1.97. The SMILES string of the molecule is Cc1nnc(C(=O)N2c3ccccc3CC2C)o1. The van der Waals surface area contributed by atoms with Gasteiger partial charge in [-0.25, -0.2) is 0 Å².